The summed E-state index contributed by atoms with van der Waals surface area (Å²) < 4.78 is 7.13. The molecule has 1 fully saturated rings. The van der Waals surface area contributed by atoms with E-state index in [1.54, 1.807) is 11.1 Å². The molecule has 1 aromatic heterocycles. The number of nitrogens with one attached hydrogen (secondary N) is 1. The summed E-state index contributed by atoms with van der Waals surface area (Å²) in [5.41, 5.74) is 5.88. The van der Waals surface area contributed by atoms with E-state index in [1.165, 1.54) is 10.9 Å². The molecule has 0 aliphatic carbocycles. The molecule has 0 aromatic carbocycles. The van der Waals surface area contributed by atoms with Crippen LogP contribution in [0.5, 0.6) is 0 Å². The van der Waals surface area contributed by atoms with Crippen LogP contribution in [0.15, 0.2) is 12.4 Å². The number of aromatic nitrogens is 2. The predicted octanol–water partition coefficient (Wildman–Crippen LogP) is -0.194. The molecule has 8 nitrogen and oxygen atoms in total. The molecule has 2 unspecified atom stereocenters. The van der Waals surface area contributed by atoms with Gasteiger partial charge in [-0.3, -0.25) is 14.3 Å². The van der Waals surface area contributed by atoms with Crippen LogP contribution in [0.2, 0.25) is 0 Å². The van der Waals surface area contributed by atoms with Gasteiger partial charge in [-0.2, -0.15) is 5.10 Å². The molecule has 1 aliphatic rings. The number of hydrogen-bond donors (Lipinski definition) is 2. The first kappa shape index (κ1) is 16.4. The molecule has 2 heterocycles. The summed E-state index contributed by atoms with van der Waals surface area (Å²) in [6.07, 6.45) is 3.49. The van der Waals surface area contributed by atoms with E-state index in [2.05, 4.69) is 10.4 Å². The zero-order valence-electron chi connectivity index (χ0n) is 13.0. The average molecular weight is 309 g/mol. The van der Waals surface area contributed by atoms with E-state index in [0.29, 0.717) is 25.3 Å². The van der Waals surface area contributed by atoms with Crippen LogP contribution in [0.25, 0.3) is 0 Å². The van der Waals surface area contributed by atoms with Gasteiger partial charge in [0, 0.05) is 32.3 Å². The van der Waals surface area contributed by atoms with Gasteiger partial charge in [0.15, 0.2) is 0 Å². The minimum absolute atomic E-state index is 0.00932. The van der Waals surface area contributed by atoms with E-state index in [-0.39, 0.29) is 37.0 Å². The number of anilines is 1. The summed E-state index contributed by atoms with van der Waals surface area (Å²) in [4.78, 5) is 25.5. The Morgan fingerprint density at radius 3 is 2.73 bits per heavy atom. The van der Waals surface area contributed by atoms with Gasteiger partial charge in [0.25, 0.3) is 0 Å². The van der Waals surface area contributed by atoms with Crippen molar-refractivity contribution in [2.45, 2.75) is 39.0 Å². The van der Waals surface area contributed by atoms with Crippen LogP contribution >= 0.6 is 0 Å². The van der Waals surface area contributed by atoms with Crippen LogP contribution in [0.1, 0.15) is 20.3 Å². The second-order valence-electron chi connectivity index (χ2n) is 5.57. The Hall–Kier alpha value is -1.93. The van der Waals surface area contributed by atoms with Crippen LogP contribution < -0.4 is 11.1 Å². The standard InChI is InChI=1S/C14H23N5O3/c1-10-6-18(7-11(2)22-10)14(21)9-19-8-12(5-16-19)17-13(20)3-4-15/h5,8,10-11H,3-4,6-7,9,15H2,1-2H3,(H,17,20). The van der Waals surface area contributed by atoms with Gasteiger partial charge in [-0.25, -0.2) is 0 Å². The van der Waals surface area contributed by atoms with E-state index >= 15 is 0 Å². The van der Waals surface area contributed by atoms with Gasteiger partial charge < -0.3 is 20.7 Å². The largest absolute Gasteiger partial charge is 0.372 e. The van der Waals surface area contributed by atoms with E-state index in [9.17, 15) is 9.59 Å². The third-order valence-electron chi connectivity index (χ3n) is 3.36. The lowest BCUT2D eigenvalue weighted by molar-refractivity contribution is -0.144. The first-order chi connectivity index (χ1) is 10.5. The summed E-state index contributed by atoms with van der Waals surface area (Å²) in [7, 11) is 0. The van der Waals surface area contributed by atoms with E-state index < -0.39 is 0 Å². The number of carbonyl (C=O) groups excluding carboxylic acids is 2. The molecule has 0 spiro atoms. The third kappa shape index (κ3) is 4.54. The number of amides is 2. The molecule has 1 aromatic rings. The first-order valence-electron chi connectivity index (χ1n) is 7.43. The smallest absolute Gasteiger partial charge is 0.244 e. The maximum atomic E-state index is 12.3. The maximum Gasteiger partial charge on any atom is 0.244 e. The van der Waals surface area contributed by atoms with Gasteiger partial charge in [0.1, 0.15) is 6.54 Å². The van der Waals surface area contributed by atoms with E-state index in [4.69, 9.17) is 10.5 Å². The molecule has 0 radical (unpaired) electrons. The van der Waals surface area contributed by atoms with Crippen molar-refractivity contribution in [2.24, 2.45) is 5.73 Å². The van der Waals surface area contributed by atoms with E-state index in [1.807, 2.05) is 13.8 Å². The van der Waals surface area contributed by atoms with Crippen molar-refractivity contribution in [1.82, 2.24) is 14.7 Å². The minimum Gasteiger partial charge on any atom is -0.372 e. The molecular formula is C14H23N5O3. The Kier molecular flexibility index (Phi) is 5.51. The summed E-state index contributed by atoms with van der Waals surface area (Å²) in [5.74, 6) is -0.172. The number of rotatable bonds is 5. The van der Waals surface area contributed by atoms with Crippen LogP contribution in [0.4, 0.5) is 5.69 Å². The normalized spacial score (nSPS) is 21.7. The van der Waals surface area contributed by atoms with Gasteiger partial charge in [-0.05, 0) is 13.8 Å². The Morgan fingerprint density at radius 2 is 2.09 bits per heavy atom. The summed E-state index contributed by atoms with van der Waals surface area (Å²) in [6.45, 7) is 5.52. The highest BCUT2D eigenvalue weighted by atomic mass is 16.5. The van der Waals surface area contributed by atoms with Crippen LogP contribution in [-0.2, 0) is 20.9 Å². The Bertz CT molecular complexity index is 520. The van der Waals surface area contributed by atoms with E-state index in [0.717, 1.165) is 0 Å². The fourth-order valence-corrected chi connectivity index (χ4v) is 2.49. The molecule has 1 saturated heterocycles. The van der Waals surface area contributed by atoms with Crippen molar-refractivity contribution in [3.05, 3.63) is 12.4 Å². The maximum absolute atomic E-state index is 12.3. The van der Waals surface area contributed by atoms with Crippen molar-refractivity contribution >= 4 is 17.5 Å². The SMILES string of the molecule is CC1CN(C(=O)Cn2cc(NC(=O)CCN)cn2)CC(C)O1. The first-order valence-corrected chi connectivity index (χ1v) is 7.43. The lowest BCUT2D eigenvalue weighted by atomic mass is 10.2. The van der Waals surface area contributed by atoms with Crippen molar-refractivity contribution in [3.8, 4) is 0 Å². The number of ether oxygens (including phenoxy) is 1. The number of hydrogen-bond acceptors (Lipinski definition) is 5. The van der Waals surface area contributed by atoms with Crippen molar-refractivity contribution in [3.63, 3.8) is 0 Å². The molecule has 8 heteroatoms. The Balaban J connectivity index is 1.89. The monoisotopic (exact) mass is 309 g/mol. The number of morpholine rings is 1. The number of nitrogens with zero attached hydrogens (tertiary/aromatic N) is 3. The van der Waals surface area contributed by atoms with Crippen LogP contribution in [0, 0.1) is 0 Å². The van der Waals surface area contributed by atoms with Gasteiger partial charge in [0.2, 0.25) is 11.8 Å². The van der Waals surface area contributed by atoms with Gasteiger partial charge >= 0.3 is 0 Å². The predicted molar refractivity (Wildman–Crippen MR) is 81.1 cm³/mol. The van der Waals surface area contributed by atoms with Crippen LogP contribution in [0.3, 0.4) is 0 Å². The molecule has 2 atom stereocenters. The molecular weight excluding hydrogens is 286 g/mol. The van der Waals surface area contributed by atoms with Gasteiger partial charge in [-0.15, -0.1) is 0 Å². The summed E-state index contributed by atoms with van der Waals surface area (Å²) >= 11 is 0. The molecule has 0 saturated carbocycles. The van der Waals surface area contributed by atoms with Gasteiger partial charge in [-0.1, -0.05) is 0 Å². The zero-order chi connectivity index (χ0) is 16.1. The van der Waals surface area contributed by atoms with Crippen LogP contribution in [-0.4, -0.2) is 58.3 Å². The fourth-order valence-electron chi connectivity index (χ4n) is 2.49. The molecule has 3 N–H and O–H groups in total. The molecule has 1 aliphatic heterocycles. The zero-order valence-corrected chi connectivity index (χ0v) is 13.0. The highest BCUT2D eigenvalue weighted by Crippen LogP contribution is 2.12. The highest BCUT2D eigenvalue weighted by Gasteiger charge is 2.25. The molecule has 22 heavy (non-hydrogen) atoms. The lowest BCUT2D eigenvalue weighted by Gasteiger charge is -2.35. The van der Waals surface area contributed by atoms with Crippen molar-refractivity contribution in [2.75, 3.05) is 25.0 Å². The third-order valence-corrected chi connectivity index (χ3v) is 3.36. The Morgan fingerprint density at radius 1 is 1.41 bits per heavy atom. The topological polar surface area (TPSA) is 102 Å². The molecule has 0 bridgehead atoms. The average Bonchev–Trinajstić information content (AvgIpc) is 2.85. The second kappa shape index (κ2) is 7.37. The Labute approximate surface area is 129 Å². The van der Waals surface area contributed by atoms with Crippen molar-refractivity contribution in [1.29, 1.82) is 0 Å². The van der Waals surface area contributed by atoms with Crippen molar-refractivity contribution < 1.29 is 14.3 Å². The second-order valence-corrected chi connectivity index (χ2v) is 5.57. The molecule has 2 amide bonds. The molecule has 122 valence electrons. The lowest BCUT2D eigenvalue weighted by Crippen LogP contribution is -2.49. The molecule has 2 rings (SSSR count). The quantitative estimate of drug-likeness (QED) is 0.784. The van der Waals surface area contributed by atoms with Gasteiger partial charge in [0.05, 0.1) is 24.1 Å². The summed E-state index contributed by atoms with van der Waals surface area (Å²) in [6, 6.07) is 0. The number of nitrogens with two attached hydrogens (primary N) is 1. The fraction of sp³-hybridized carbons (Fsp3) is 0.643. The number of carbonyl (C=O) groups is 2. The summed E-state index contributed by atoms with van der Waals surface area (Å²) in [5, 5.41) is 6.78. The minimum atomic E-state index is -0.163. The highest BCUT2D eigenvalue weighted by molar-refractivity contribution is 5.90.